The number of nitrogens with one attached hydrogen (secondary N) is 1. The molecule has 1 amide bonds. The number of ether oxygens (including phenoxy) is 1. The molecule has 0 radical (unpaired) electrons. The molecule has 0 atom stereocenters. The van der Waals surface area contributed by atoms with Crippen LogP contribution in [0.25, 0.3) is 0 Å². The predicted molar refractivity (Wildman–Crippen MR) is 91.5 cm³/mol. The van der Waals surface area contributed by atoms with Crippen LogP contribution in [0.1, 0.15) is 36.0 Å². The van der Waals surface area contributed by atoms with Gasteiger partial charge in [-0.25, -0.2) is 4.98 Å². The maximum Gasteiger partial charge on any atom is 0.257 e. The van der Waals surface area contributed by atoms with Gasteiger partial charge in [-0.2, -0.15) is 0 Å². The van der Waals surface area contributed by atoms with Gasteiger partial charge in [0.05, 0.1) is 15.6 Å². The van der Waals surface area contributed by atoms with Crippen LogP contribution in [0.4, 0.5) is 5.69 Å². The second-order valence-electron chi connectivity index (χ2n) is 5.49. The van der Waals surface area contributed by atoms with E-state index < -0.39 is 0 Å². The van der Waals surface area contributed by atoms with Gasteiger partial charge in [0.25, 0.3) is 5.91 Å². The lowest BCUT2D eigenvalue weighted by atomic mass is 10.2. The number of hydrogen-bond donors (Lipinski definition) is 1. The molecule has 0 bridgehead atoms. The predicted octanol–water partition coefficient (Wildman–Crippen LogP) is 4.96. The number of carbonyl (C=O) groups is 1. The highest BCUT2D eigenvalue weighted by atomic mass is 35.5. The molecule has 0 saturated heterocycles. The van der Waals surface area contributed by atoms with E-state index in [1.165, 1.54) is 19.0 Å². The van der Waals surface area contributed by atoms with Crippen molar-refractivity contribution in [1.29, 1.82) is 0 Å². The van der Waals surface area contributed by atoms with E-state index in [1.54, 1.807) is 30.3 Å². The molecule has 1 fully saturated rings. The molecule has 0 aliphatic heterocycles. The number of rotatable bonds is 4. The smallest absolute Gasteiger partial charge is 0.257 e. The van der Waals surface area contributed by atoms with Crippen LogP contribution in [0.5, 0.6) is 5.88 Å². The highest BCUT2D eigenvalue weighted by Gasteiger charge is 2.17. The Morgan fingerprint density at radius 1 is 1.13 bits per heavy atom. The van der Waals surface area contributed by atoms with Crippen molar-refractivity contribution >= 4 is 34.8 Å². The largest absolute Gasteiger partial charge is 0.474 e. The fraction of sp³-hybridized carbons (Fsp3) is 0.294. The Hall–Kier alpha value is -1.78. The molecule has 6 heteroatoms. The number of amides is 1. The minimum Gasteiger partial charge on any atom is -0.474 e. The number of carbonyl (C=O) groups excluding carboxylic acids is 1. The second-order valence-corrected chi connectivity index (χ2v) is 6.31. The number of benzene rings is 1. The summed E-state index contributed by atoms with van der Waals surface area (Å²) in [6.07, 6.45) is 6.31. The molecule has 4 nitrogen and oxygen atoms in total. The first kappa shape index (κ1) is 16.1. The van der Waals surface area contributed by atoms with Crippen LogP contribution < -0.4 is 10.1 Å². The Labute approximate surface area is 144 Å². The van der Waals surface area contributed by atoms with Gasteiger partial charge < -0.3 is 10.1 Å². The molecule has 1 aromatic carbocycles. The molecule has 2 aromatic rings. The van der Waals surface area contributed by atoms with E-state index in [-0.39, 0.29) is 12.0 Å². The topological polar surface area (TPSA) is 51.2 Å². The number of halogens is 2. The maximum absolute atomic E-state index is 12.2. The van der Waals surface area contributed by atoms with E-state index in [9.17, 15) is 4.79 Å². The summed E-state index contributed by atoms with van der Waals surface area (Å²) in [7, 11) is 0. The van der Waals surface area contributed by atoms with Crippen molar-refractivity contribution in [3.05, 3.63) is 52.1 Å². The third-order valence-electron chi connectivity index (χ3n) is 3.77. The fourth-order valence-electron chi connectivity index (χ4n) is 2.54. The van der Waals surface area contributed by atoms with E-state index in [2.05, 4.69) is 10.3 Å². The summed E-state index contributed by atoms with van der Waals surface area (Å²) < 4.78 is 5.78. The monoisotopic (exact) mass is 350 g/mol. The van der Waals surface area contributed by atoms with Crippen molar-refractivity contribution < 1.29 is 9.53 Å². The molecule has 0 unspecified atom stereocenters. The maximum atomic E-state index is 12.2. The van der Waals surface area contributed by atoms with Gasteiger partial charge in [-0.15, -0.1) is 0 Å². The van der Waals surface area contributed by atoms with Crippen LogP contribution in [0.3, 0.4) is 0 Å². The highest BCUT2D eigenvalue weighted by molar-refractivity contribution is 6.42. The third-order valence-corrected chi connectivity index (χ3v) is 4.50. The van der Waals surface area contributed by atoms with Gasteiger partial charge in [-0.05, 0) is 49.9 Å². The van der Waals surface area contributed by atoms with Crippen molar-refractivity contribution in [2.75, 3.05) is 5.32 Å². The number of nitrogens with zero attached hydrogens (tertiary/aromatic N) is 1. The molecule has 3 rings (SSSR count). The van der Waals surface area contributed by atoms with E-state index in [1.807, 2.05) is 0 Å². The molecule has 1 saturated carbocycles. The Morgan fingerprint density at radius 2 is 1.91 bits per heavy atom. The summed E-state index contributed by atoms with van der Waals surface area (Å²) >= 11 is 11.8. The average Bonchev–Trinajstić information content (AvgIpc) is 3.04. The lowest BCUT2D eigenvalue weighted by Crippen LogP contribution is -2.14. The van der Waals surface area contributed by atoms with Crippen molar-refractivity contribution in [2.24, 2.45) is 0 Å². The van der Waals surface area contributed by atoms with Crippen LogP contribution >= 0.6 is 23.2 Å². The number of aromatic nitrogens is 1. The zero-order valence-electron chi connectivity index (χ0n) is 12.4. The molecule has 1 N–H and O–H groups in total. The van der Waals surface area contributed by atoms with Crippen molar-refractivity contribution in [1.82, 2.24) is 4.98 Å². The van der Waals surface area contributed by atoms with Crippen LogP contribution in [-0.2, 0) is 0 Å². The number of hydrogen-bond acceptors (Lipinski definition) is 3. The molecule has 1 aromatic heterocycles. The highest BCUT2D eigenvalue weighted by Crippen LogP contribution is 2.26. The van der Waals surface area contributed by atoms with Gasteiger partial charge in [0, 0.05) is 18.0 Å². The van der Waals surface area contributed by atoms with E-state index in [0.29, 0.717) is 27.2 Å². The first-order chi connectivity index (χ1) is 11.1. The second kappa shape index (κ2) is 7.20. The van der Waals surface area contributed by atoms with Gasteiger partial charge in [0.15, 0.2) is 0 Å². The van der Waals surface area contributed by atoms with Gasteiger partial charge in [-0.3, -0.25) is 4.79 Å². The molecule has 0 spiro atoms. The van der Waals surface area contributed by atoms with Crippen LogP contribution in [0, 0.1) is 0 Å². The lowest BCUT2D eigenvalue weighted by Gasteiger charge is -2.12. The van der Waals surface area contributed by atoms with Gasteiger partial charge in [0.2, 0.25) is 5.88 Å². The zero-order valence-corrected chi connectivity index (χ0v) is 13.9. The first-order valence-electron chi connectivity index (χ1n) is 7.51. The minimum atomic E-state index is -0.261. The molecule has 120 valence electrons. The molecule has 1 aliphatic carbocycles. The van der Waals surface area contributed by atoms with E-state index >= 15 is 0 Å². The summed E-state index contributed by atoms with van der Waals surface area (Å²) in [4.78, 5) is 16.4. The normalized spacial score (nSPS) is 14.7. The molecular weight excluding hydrogens is 335 g/mol. The van der Waals surface area contributed by atoms with Gasteiger partial charge in [-0.1, -0.05) is 23.2 Å². The average molecular weight is 351 g/mol. The minimum absolute atomic E-state index is 0.249. The standard InChI is InChI=1S/C17H16Cl2N2O2/c18-14-7-6-12(9-15(14)19)21-17(22)11-5-8-16(20-10-11)23-13-3-1-2-4-13/h5-10,13H,1-4H2,(H,21,22). The summed E-state index contributed by atoms with van der Waals surface area (Å²) in [5.74, 6) is 0.297. The molecular formula is C17H16Cl2N2O2. The number of anilines is 1. The zero-order chi connectivity index (χ0) is 16.2. The Balaban J connectivity index is 1.63. The van der Waals surface area contributed by atoms with Crippen molar-refractivity contribution in [3.63, 3.8) is 0 Å². The molecule has 23 heavy (non-hydrogen) atoms. The molecule has 1 aliphatic rings. The quantitative estimate of drug-likeness (QED) is 0.847. The van der Waals surface area contributed by atoms with Crippen LogP contribution in [0.15, 0.2) is 36.5 Å². The third kappa shape index (κ3) is 4.15. The van der Waals surface area contributed by atoms with Crippen LogP contribution in [0.2, 0.25) is 10.0 Å². The van der Waals surface area contributed by atoms with Crippen LogP contribution in [-0.4, -0.2) is 17.0 Å². The van der Waals surface area contributed by atoms with E-state index in [4.69, 9.17) is 27.9 Å². The fourth-order valence-corrected chi connectivity index (χ4v) is 2.84. The Kier molecular flexibility index (Phi) is 5.03. The summed E-state index contributed by atoms with van der Waals surface area (Å²) in [5.41, 5.74) is 1.03. The summed E-state index contributed by atoms with van der Waals surface area (Å²) in [6, 6.07) is 8.35. The van der Waals surface area contributed by atoms with Crippen molar-refractivity contribution in [3.8, 4) is 5.88 Å². The Morgan fingerprint density at radius 3 is 2.57 bits per heavy atom. The number of pyridine rings is 1. The van der Waals surface area contributed by atoms with Gasteiger partial charge >= 0.3 is 0 Å². The van der Waals surface area contributed by atoms with E-state index in [0.717, 1.165) is 12.8 Å². The summed E-state index contributed by atoms with van der Waals surface area (Å²) in [5, 5.41) is 3.59. The lowest BCUT2D eigenvalue weighted by molar-refractivity contribution is 0.102. The Bertz CT molecular complexity index is 698. The van der Waals surface area contributed by atoms with Crippen molar-refractivity contribution in [2.45, 2.75) is 31.8 Å². The summed E-state index contributed by atoms with van der Waals surface area (Å²) in [6.45, 7) is 0. The SMILES string of the molecule is O=C(Nc1ccc(Cl)c(Cl)c1)c1ccc(OC2CCCC2)nc1. The first-order valence-corrected chi connectivity index (χ1v) is 8.26. The molecule has 1 heterocycles. The van der Waals surface area contributed by atoms with Gasteiger partial charge in [0.1, 0.15) is 6.10 Å².